The topological polar surface area (TPSA) is 52.6 Å². The summed E-state index contributed by atoms with van der Waals surface area (Å²) in [5.74, 6) is -0.981. The van der Waals surface area contributed by atoms with Crippen LogP contribution in [0.25, 0.3) is 0 Å². The van der Waals surface area contributed by atoms with Crippen molar-refractivity contribution in [2.24, 2.45) is 0 Å². The van der Waals surface area contributed by atoms with E-state index in [9.17, 15) is 14.3 Å². The van der Waals surface area contributed by atoms with Crippen molar-refractivity contribution in [1.29, 1.82) is 0 Å². The molecule has 4 nitrogen and oxygen atoms in total. The number of hydrogen-bond acceptors (Lipinski definition) is 4. The third kappa shape index (κ3) is 5.80. The second-order valence-corrected chi connectivity index (χ2v) is 7.18. The molecular formula is C22H25FNNaO3. The van der Waals surface area contributed by atoms with E-state index in [1.54, 1.807) is 6.07 Å². The first-order chi connectivity index (χ1) is 13.0. The predicted octanol–water partition coefficient (Wildman–Crippen LogP) is -0.00618. The molecule has 0 unspecified atom stereocenters. The van der Waals surface area contributed by atoms with E-state index in [0.29, 0.717) is 31.8 Å². The standard InChI is InChI=1S/C22H26FNO3.Na/c1-3-19-14-24(12-17-5-4-6-20(23)22(17)27-19)13-18-11-16(8-7-15(18)2)9-10-21(25)26;/h4-8,11,19H,3,9-10,12-14H2,1-2H3,(H,25,26);/q;+1/p-1/t19-;/m1./s1. The number of nitrogens with zero attached hydrogens (tertiary/aromatic N) is 1. The number of carboxylic acids is 1. The summed E-state index contributed by atoms with van der Waals surface area (Å²) in [5, 5.41) is 10.7. The number of aryl methyl sites for hydroxylation is 2. The van der Waals surface area contributed by atoms with Crippen LogP contribution in [0.4, 0.5) is 4.39 Å². The van der Waals surface area contributed by atoms with Crippen LogP contribution in [0.3, 0.4) is 0 Å². The molecule has 2 aromatic carbocycles. The van der Waals surface area contributed by atoms with Crippen molar-refractivity contribution in [3.63, 3.8) is 0 Å². The summed E-state index contributed by atoms with van der Waals surface area (Å²) in [4.78, 5) is 13.0. The van der Waals surface area contributed by atoms with Crippen LogP contribution in [0.5, 0.6) is 5.75 Å². The largest absolute Gasteiger partial charge is 1.00 e. The summed E-state index contributed by atoms with van der Waals surface area (Å²) in [6.45, 7) is 6.14. The summed E-state index contributed by atoms with van der Waals surface area (Å²) in [7, 11) is 0. The Bertz CT molecular complexity index is 827. The Morgan fingerprint density at radius 1 is 1.32 bits per heavy atom. The predicted molar refractivity (Wildman–Crippen MR) is 99.7 cm³/mol. The minimum atomic E-state index is -1.04. The maximum atomic E-state index is 14.2. The molecule has 0 N–H and O–H groups in total. The molecule has 6 heteroatoms. The Hall–Kier alpha value is -1.40. The quantitative estimate of drug-likeness (QED) is 0.648. The zero-order valence-corrected chi connectivity index (χ0v) is 18.8. The molecule has 1 atom stereocenters. The number of carboxylic acid groups (broad SMARTS) is 1. The fraction of sp³-hybridized carbons (Fsp3) is 0.409. The van der Waals surface area contributed by atoms with Gasteiger partial charge in [0.15, 0.2) is 11.6 Å². The number of rotatable bonds is 6. The number of carbonyl (C=O) groups is 1. The van der Waals surface area contributed by atoms with Crippen LogP contribution < -0.4 is 39.4 Å². The monoisotopic (exact) mass is 393 g/mol. The number of aliphatic carboxylic acids is 1. The maximum Gasteiger partial charge on any atom is 1.00 e. The van der Waals surface area contributed by atoms with Gasteiger partial charge < -0.3 is 14.6 Å². The Balaban J connectivity index is 0.00000280. The van der Waals surface area contributed by atoms with Crippen molar-refractivity contribution >= 4 is 5.97 Å². The molecule has 0 aliphatic carbocycles. The molecule has 28 heavy (non-hydrogen) atoms. The molecule has 1 aliphatic heterocycles. The number of ether oxygens (including phenoxy) is 1. The van der Waals surface area contributed by atoms with Crippen molar-refractivity contribution in [2.75, 3.05) is 6.54 Å². The third-order valence-corrected chi connectivity index (χ3v) is 5.07. The second kappa shape index (κ2) is 10.4. The maximum absolute atomic E-state index is 14.2. The van der Waals surface area contributed by atoms with Crippen molar-refractivity contribution in [3.05, 3.63) is 64.5 Å². The van der Waals surface area contributed by atoms with Crippen LogP contribution in [0, 0.1) is 12.7 Å². The molecule has 144 valence electrons. The summed E-state index contributed by atoms with van der Waals surface area (Å²) in [5.41, 5.74) is 4.16. The molecule has 0 saturated carbocycles. The van der Waals surface area contributed by atoms with Crippen LogP contribution in [-0.2, 0) is 24.3 Å². The number of halogens is 1. The molecule has 3 rings (SSSR count). The third-order valence-electron chi connectivity index (χ3n) is 5.07. The van der Waals surface area contributed by atoms with E-state index in [2.05, 4.69) is 17.9 Å². The Morgan fingerprint density at radius 3 is 2.82 bits per heavy atom. The molecule has 0 radical (unpaired) electrons. The fourth-order valence-electron chi connectivity index (χ4n) is 3.48. The van der Waals surface area contributed by atoms with E-state index < -0.39 is 5.97 Å². The molecule has 1 heterocycles. The first kappa shape index (κ1) is 22.9. The molecule has 0 saturated heterocycles. The van der Waals surface area contributed by atoms with Crippen LogP contribution in [-0.4, -0.2) is 23.5 Å². The van der Waals surface area contributed by atoms with Crippen molar-refractivity contribution in [3.8, 4) is 5.75 Å². The van der Waals surface area contributed by atoms with Gasteiger partial charge in [-0.15, -0.1) is 0 Å². The number of fused-ring (bicyclic) bond motifs is 1. The van der Waals surface area contributed by atoms with Crippen LogP contribution in [0.15, 0.2) is 36.4 Å². The zero-order chi connectivity index (χ0) is 19.4. The van der Waals surface area contributed by atoms with Gasteiger partial charge in [0.05, 0.1) is 0 Å². The first-order valence-corrected chi connectivity index (χ1v) is 9.41. The summed E-state index contributed by atoms with van der Waals surface area (Å²) in [6, 6.07) is 11.1. The van der Waals surface area contributed by atoms with Gasteiger partial charge >= 0.3 is 29.6 Å². The molecular weight excluding hydrogens is 368 g/mol. The molecule has 0 bridgehead atoms. The molecule has 1 aliphatic rings. The van der Waals surface area contributed by atoms with Crippen LogP contribution in [0.2, 0.25) is 0 Å². The van der Waals surface area contributed by atoms with Gasteiger partial charge in [-0.05, 0) is 48.9 Å². The molecule has 0 aromatic heterocycles. The smallest absolute Gasteiger partial charge is 0.550 e. The van der Waals surface area contributed by atoms with Gasteiger partial charge in [0.25, 0.3) is 0 Å². The van der Waals surface area contributed by atoms with E-state index in [1.807, 2.05) is 25.1 Å². The summed E-state index contributed by atoms with van der Waals surface area (Å²) >= 11 is 0. The summed E-state index contributed by atoms with van der Waals surface area (Å²) < 4.78 is 20.1. The van der Waals surface area contributed by atoms with Gasteiger partial charge in [-0.25, -0.2) is 4.39 Å². The zero-order valence-electron chi connectivity index (χ0n) is 16.8. The van der Waals surface area contributed by atoms with E-state index in [1.165, 1.54) is 6.07 Å². The van der Waals surface area contributed by atoms with Gasteiger partial charge in [-0.3, -0.25) is 4.90 Å². The van der Waals surface area contributed by atoms with E-state index >= 15 is 0 Å². The minimum absolute atomic E-state index is 0. The Kier molecular flexibility index (Phi) is 8.50. The van der Waals surface area contributed by atoms with Crippen LogP contribution >= 0.6 is 0 Å². The number of carbonyl (C=O) groups excluding carboxylic acids is 1. The van der Waals surface area contributed by atoms with E-state index in [-0.39, 0.29) is 47.9 Å². The second-order valence-electron chi connectivity index (χ2n) is 7.18. The van der Waals surface area contributed by atoms with E-state index in [0.717, 1.165) is 28.7 Å². The first-order valence-electron chi connectivity index (χ1n) is 9.41. The van der Waals surface area contributed by atoms with Gasteiger partial charge in [0, 0.05) is 31.2 Å². The SMILES string of the molecule is CC[C@@H]1CN(Cc2cc(CCC(=O)[O-])ccc2C)Cc2cccc(F)c2O1.[Na+]. The molecule has 0 spiro atoms. The number of para-hydroxylation sites is 1. The molecule has 2 aromatic rings. The normalized spacial score (nSPS) is 16.5. The van der Waals surface area contributed by atoms with Gasteiger partial charge in [0.2, 0.25) is 0 Å². The minimum Gasteiger partial charge on any atom is -0.550 e. The Morgan fingerprint density at radius 2 is 2.11 bits per heavy atom. The fourth-order valence-corrected chi connectivity index (χ4v) is 3.48. The van der Waals surface area contributed by atoms with Crippen molar-refractivity contribution < 1.29 is 48.6 Å². The molecule has 0 fully saturated rings. The van der Waals surface area contributed by atoms with Gasteiger partial charge in [0.1, 0.15) is 6.10 Å². The average molecular weight is 393 g/mol. The van der Waals surface area contributed by atoms with Crippen LogP contribution in [0.1, 0.15) is 42.0 Å². The molecule has 0 amide bonds. The van der Waals surface area contributed by atoms with Gasteiger partial charge in [-0.2, -0.15) is 0 Å². The summed E-state index contributed by atoms with van der Waals surface area (Å²) in [6.07, 6.45) is 1.22. The Labute approximate surface area is 188 Å². The average Bonchev–Trinajstić information content (AvgIpc) is 2.82. The van der Waals surface area contributed by atoms with Crippen molar-refractivity contribution in [1.82, 2.24) is 4.90 Å². The number of benzene rings is 2. The van der Waals surface area contributed by atoms with Gasteiger partial charge in [-0.1, -0.05) is 37.3 Å². The number of hydrogen-bond donors (Lipinski definition) is 0. The van der Waals surface area contributed by atoms with Crippen molar-refractivity contribution in [2.45, 2.75) is 52.3 Å². The van der Waals surface area contributed by atoms with E-state index in [4.69, 9.17) is 4.74 Å².